The molecule has 0 spiro atoms. The third kappa shape index (κ3) is 6.09. The molecule has 4 rings (SSSR count). The van der Waals surface area contributed by atoms with Crippen LogP contribution in [0.3, 0.4) is 0 Å². The van der Waals surface area contributed by atoms with E-state index in [2.05, 4.69) is 25.7 Å². The zero-order valence-electron chi connectivity index (χ0n) is 26.4. The van der Waals surface area contributed by atoms with Crippen molar-refractivity contribution in [3.63, 3.8) is 0 Å². The number of fused-ring (bicyclic) bond motifs is 2. The Hall–Kier alpha value is -3.65. The average Bonchev–Trinajstić information content (AvgIpc) is 3.51. The predicted octanol–water partition coefficient (Wildman–Crippen LogP) is 7.19. The number of nitriles is 1. The van der Waals surface area contributed by atoms with Crippen molar-refractivity contribution in [2.24, 2.45) is 0 Å². The molecule has 0 aliphatic rings. The van der Waals surface area contributed by atoms with E-state index in [9.17, 15) is 10.1 Å². The molecule has 9 nitrogen and oxygen atoms in total. The maximum absolute atomic E-state index is 13.2. The first-order chi connectivity index (χ1) is 19.6. The number of imidazole rings is 1. The van der Waals surface area contributed by atoms with Gasteiger partial charge in [-0.2, -0.15) is 5.26 Å². The van der Waals surface area contributed by atoms with Gasteiger partial charge in [-0.05, 0) is 76.6 Å². The van der Waals surface area contributed by atoms with Gasteiger partial charge in [0.2, 0.25) is 0 Å². The molecule has 0 N–H and O–H groups in total. The number of ether oxygens (including phenoxy) is 4. The SMILES string of the molecule is COc1cc(C)c2c(ccn2C(=O)OC(C)(C)C)c1C(C)(OC)c1nc2cc(C#N)ccc2n1COCC[Si](C)(C)C. The summed E-state index contributed by atoms with van der Waals surface area (Å²) in [5.41, 5.74) is 2.48. The second-order valence-corrected chi connectivity index (χ2v) is 18.6. The Bertz CT molecular complexity index is 1670. The summed E-state index contributed by atoms with van der Waals surface area (Å²) in [6.07, 6.45) is 1.25. The summed E-state index contributed by atoms with van der Waals surface area (Å²) in [4.78, 5) is 18.2. The van der Waals surface area contributed by atoms with Crippen molar-refractivity contribution < 1.29 is 23.7 Å². The molecule has 2 aromatic heterocycles. The third-order valence-corrected chi connectivity index (χ3v) is 9.04. The van der Waals surface area contributed by atoms with E-state index in [-0.39, 0.29) is 6.73 Å². The van der Waals surface area contributed by atoms with Gasteiger partial charge in [0.25, 0.3) is 0 Å². The minimum absolute atomic E-state index is 0.261. The molecule has 0 radical (unpaired) electrons. The van der Waals surface area contributed by atoms with Crippen LogP contribution in [0.25, 0.3) is 21.9 Å². The molecule has 0 fully saturated rings. The van der Waals surface area contributed by atoms with Crippen LogP contribution in [0, 0.1) is 18.3 Å². The second-order valence-electron chi connectivity index (χ2n) is 13.0. The smallest absolute Gasteiger partial charge is 0.419 e. The van der Waals surface area contributed by atoms with E-state index >= 15 is 0 Å². The van der Waals surface area contributed by atoms with Crippen LogP contribution in [0.2, 0.25) is 25.7 Å². The highest BCUT2D eigenvalue weighted by molar-refractivity contribution is 6.76. The summed E-state index contributed by atoms with van der Waals surface area (Å²) < 4.78 is 27.7. The minimum Gasteiger partial charge on any atom is -0.496 e. The van der Waals surface area contributed by atoms with Crippen molar-refractivity contribution >= 4 is 36.1 Å². The Morgan fingerprint density at radius 3 is 2.40 bits per heavy atom. The number of aryl methyl sites for hydroxylation is 1. The molecule has 42 heavy (non-hydrogen) atoms. The topological polar surface area (TPSA) is 101 Å². The van der Waals surface area contributed by atoms with Crippen molar-refractivity contribution in [1.29, 1.82) is 5.26 Å². The molecule has 10 heteroatoms. The third-order valence-electron chi connectivity index (χ3n) is 7.34. The number of carbonyl (C=O) groups is 1. The Morgan fingerprint density at radius 1 is 1.10 bits per heavy atom. The summed E-state index contributed by atoms with van der Waals surface area (Å²) in [6.45, 7) is 17.2. The van der Waals surface area contributed by atoms with Crippen LogP contribution in [0.15, 0.2) is 36.5 Å². The van der Waals surface area contributed by atoms with Crippen LogP contribution >= 0.6 is 0 Å². The first-order valence-electron chi connectivity index (χ1n) is 14.1. The zero-order valence-corrected chi connectivity index (χ0v) is 27.4. The fourth-order valence-electron chi connectivity index (χ4n) is 5.16. The van der Waals surface area contributed by atoms with E-state index in [0.717, 1.165) is 28.1 Å². The number of hydrogen-bond acceptors (Lipinski definition) is 7. The Labute approximate surface area is 249 Å². The molecule has 4 aromatic rings. The average molecular weight is 591 g/mol. The molecule has 0 saturated carbocycles. The Kier molecular flexibility index (Phi) is 8.61. The largest absolute Gasteiger partial charge is 0.496 e. The maximum atomic E-state index is 13.2. The molecular weight excluding hydrogens is 548 g/mol. The van der Waals surface area contributed by atoms with Gasteiger partial charge in [-0.25, -0.2) is 9.78 Å². The summed E-state index contributed by atoms with van der Waals surface area (Å²) in [5, 5.41) is 10.3. The Balaban J connectivity index is 1.95. The maximum Gasteiger partial charge on any atom is 0.419 e. The minimum atomic E-state index is -1.29. The number of nitrogens with zero attached hydrogens (tertiary/aromatic N) is 4. The highest BCUT2D eigenvalue weighted by Crippen LogP contribution is 2.44. The summed E-state index contributed by atoms with van der Waals surface area (Å²) >= 11 is 0. The molecular formula is C32H42N4O5Si. The molecule has 0 bridgehead atoms. The first kappa shape index (κ1) is 31.3. The van der Waals surface area contributed by atoms with Crippen LogP contribution < -0.4 is 4.74 Å². The van der Waals surface area contributed by atoms with Crippen molar-refractivity contribution in [2.75, 3.05) is 20.8 Å². The van der Waals surface area contributed by atoms with Gasteiger partial charge in [0.15, 0.2) is 5.60 Å². The highest BCUT2D eigenvalue weighted by Gasteiger charge is 2.40. The lowest BCUT2D eigenvalue weighted by atomic mass is 9.89. The van der Waals surface area contributed by atoms with Gasteiger partial charge < -0.3 is 23.5 Å². The summed E-state index contributed by atoms with van der Waals surface area (Å²) in [7, 11) is 1.96. The van der Waals surface area contributed by atoms with E-state index in [0.29, 0.717) is 34.8 Å². The number of carbonyl (C=O) groups excluding carboxylic acids is 1. The molecule has 2 heterocycles. The molecule has 1 unspecified atom stereocenters. The van der Waals surface area contributed by atoms with Gasteiger partial charge in [0.05, 0.1) is 35.3 Å². The van der Waals surface area contributed by atoms with Crippen LogP contribution in [0.1, 0.15) is 50.2 Å². The number of methoxy groups -OCH3 is 2. The van der Waals surface area contributed by atoms with Gasteiger partial charge >= 0.3 is 6.09 Å². The normalized spacial score (nSPS) is 13.7. The molecule has 0 aliphatic heterocycles. The lowest BCUT2D eigenvalue weighted by molar-refractivity contribution is 0.0172. The van der Waals surface area contributed by atoms with Gasteiger partial charge in [-0.1, -0.05) is 19.6 Å². The number of rotatable bonds is 9. The zero-order chi connectivity index (χ0) is 31.0. The van der Waals surface area contributed by atoms with Gasteiger partial charge in [0, 0.05) is 38.9 Å². The number of aromatic nitrogens is 3. The van der Waals surface area contributed by atoms with E-state index in [1.54, 1.807) is 32.5 Å². The number of benzene rings is 2. The van der Waals surface area contributed by atoms with Crippen LogP contribution in [0.5, 0.6) is 5.75 Å². The van der Waals surface area contributed by atoms with E-state index < -0.39 is 25.4 Å². The second kappa shape index (κ2) is 11.6. The lowest BCUT2D eigenvalue weighted by Crippen LogP contribution is -2.32. The van der Waals surface area contributed by atoms with Gasteiger partial charge in [-0.15, -0.1) is 0 Å². The standard InChI is InChI=1S/C32H42N4O5Si/c1-21-17-26(38-6)27(23-13-14-35(28(21)23)30(37)41-31(2,3)4)32(5,39-7)29-34-24-18-22(19-33)11-12-25(24)36(29)20-40-15-16-42(8,9)10/h11-14,17-18H,15-16,20H2,1-10H3. The fourth-order valence-corrected chi connectivity index (χ4v) is 5.91. The van der Waals surface area contributed by atoms with Crippen molar-refractivity contribution in [1.82, 2.24) is 14.1 Å². The number of hydrogen-bond donors (Lipinski definition) is 0. The molecule has 1 atom stereocenters. The van der Waals surface area contributed by atoms with Crippen molar-refractivity contribution in [2.45, 2.75) is 78.2 Å². The summed E-state index contributed by atoms with van der Waals surface area (Å²) in [5.74, 6) is 1.19. The predicted molar refractivity (Wildman–Crippen MR) is 167 cm³/mol. The van der Waals surface area contributed by atoms with Crippen LogP contribution in [-0.2, 0) is 26.5 Å². The lowest BCUT2D eigenvalue weighted by Gasteiger charge is -2.31. The van der Waals surface area contributed by atoms with E-state index in [1.807, 2.05) is 57.4 Å². The molecule has 224 valence electrons. The van der Waals surface area contributed by atoms with Crippen molar-refractivity contribution in [3.05, 3.63) is 59.0 Å². The molecule has 0 aliphatic carbocycles. The van der Waals surface area contributed by atoms with Crippen LogP contribution in [-0.4, -0.2) is 54.7 Å². The quantitative estimate of drug-likeness (QED) is 0.150. The monoisotopic (exact) mass is 590 g/mol. The first-order valence-corrected chi connectivity index (χ1v) is 17.8. The molecule has 0 saturated heterocycles. The van der Waals surface area contributed by atoms with E-state index in [4.69, 9.17) is 23.9 Å². The highest BCUT2D eigenvalue weighted by atomic mass is 28.3. The van der Waals surface area contributed by atoms with Gasteiger partial charge in [-0.3, -0.25) is 4.57 Å². The van der Waals surface area contributed by atoms with Crippen molar-refractivity contribution in [3.8, 4) is 11.8 Å². The van der Waals surface area contributed by atoms with Gasteiger partial charge in [0.1, 0.15) is 23.9 Å². The Morgan fingerprint density at radius 2 is 1.81 bits per heavy atom. The summed E-state index contributed by atoms with van der Waals surface area (Å²) in [6, 6.07) is 12.5. The fraction of sp³-hybridized carbons (Fsp3) is 0.469. The van der Waals surface area contributed by atoms with Crippen LogP contribution in [0.4, 0.5) is 4.79 Å². The van der Waals surface area contributed by atoms with E-state index in [1.165, 1.54) is 4.57 Å². The molecule has 2 aromatic carbocycles. The molecule has 0 amide bonds.